The Labute approximate surface area is 106 Å². The van der Waals surface area contributed by atoms with Gasteiger partial charge in [-0.1, -0.05) is 6.07 Å². The van der Waals surface area contributed by atoms with Crippen molar-refractivity contribution in [1.82, 2.24) is 5.06 Å². The summed E-state index contributed by atoms with van der Waals surface area (Å²) in [6.45, 7) is 0.542. The standard InChI is InChI=1S/C12H11F4NO2/c13-10-8(4-3-5-9(10)12(14,15)16)11(18)17-6-1-2-7-19-17/h3-5H,1-2,6-7H2. The van der Waals surface area contributed by atoms with Gasteiger partial charge < -0.3 is 0 Å². The lowest BCUT2D eigenvalue weighted by molar-refractivity contribution is -0.145. The minimum Gasteiger partial charge on any atom is -0.271 e. The molecule has 104 valence electrons. The molecule has 1 amide bonds. The van der Waals surface area contributed by atoms with Gasteiger partial charge in [0.05, 0.1) is 17.7 Å². The van der Waals surface area contributed by atoms with Crippen LogP contribution in [0.4, 0.5) is 17.6 Å². The molecule has 0 unspecified atom stereocenters. The fourth-order valence-electron chi connectivity index (χ4n) is 1.81. The Morgan fingerprint density at radius 3 is 2.58 bits per heavy atom. The molecule has 1 saturated heterocycles. The summed E-state index contributed by atoms with van der Waals surface area (Å²) < 4.78 is 51.4. The Morgan fingerprint density at radius 1 is 1.26 bits per heavy atom. The molecule has 1 aromatic carbocycles. The maximum atomic E-state index is 13.8. The number of alkyl halides is 3. The van der Waals surface area contributed by atoms with Gasteiger partial charge >= 0.3 is 6.18 Å². The van der Waals surface area contributed by atoms with Gasteiger partial charge in [0.15, 0.2) is 0 Å². The average Bonchev–Trinajstić information content (AvgIpc) is 2.38. The molecule has 0 saturated carbocycles. The van der Waals surface area contributed by atoms with Crippen LogP contribution in [0.25, 0.3) is 0 Å². The molecule has 1 heterocycles. The fourth-order valence-corrected chi connectivity index (χ4v) is 1.81. The normalized spacial score (nSPS) is 16.5. The van der Waals surface area contributed by atoms with Crippen LogP contribution in [0, 0.1) is 5.82 Å². The van der Waals surface area contributed by atoms with E-state index in [9.17, 15) is 22.4 Å². The van der Waals surface area contributed by atoms with Crippen molar-refractivity contribution in [2.24, 2.45) is 0 Å². The van der Waals surface area contributed by atoms with Crippen LogP contribution < -0.4 is 0 Å². The highest BCUT2D eigenvalue weighted by Crippen LogP contribution is 2.32. The molecule has 1 aliphatic heterocycles. The third kappa shape index (κ3) is 2.86. The van der Waals surface area contributed by atoms with E-state index in [2.05, 4.69) is 0 Å². The first kappa shape index (κ1) is 13.8. The summed E-state index contributed by atoms with van der Waals surface area (Å²) in [7, 11) is 0. The molecule has 0 N–H and O–H groups in total. The fraction of sp³-hybridized carbons (Fsp3) is 0.417. The summed E-state index contributed by atoms with van der Waals surface area (Å²) in [5, 5.41) is 0.905. The number of hydrogen-bond acceptors (Lipinski definition) is 2. The summed E-state index contributed by atoms with van der Waals surface area (Å²) in [5.41, 5.74) is -2.08. The molecule has 0 bridgehead atoms. The summed E-state index contributed by atoms with van der Waals surface area (Å²) in [6.07, 6.45) is -3.40. The van der Waals surface area contributed by atoms with E-state index in [1.165, 1.54) is 0 Å². The van der Waals surface area contributed by atoms with Gasteiger partial charge in [0.2, 0.25) is 0 Å². The lowest BCUT2D eigenvalue weighted by Crippen LogP contribution is -2.36. The van der Waals surface area contributed by atoms with Crippen LogP contribution in [0.2, 0.25) is 0 Å². The molecule has 2 rings (SSSR count). The van der Waals surface area contributed by atoms with E-state index in [1.54, 1.807) is 0 Å². The van der Waals surface area contributed by atoms with Gasteiger partial charge in [0, 0.05) is 6.54 Å². The van der Waals surface area contributed by atoms with Crippen molar-refractivity contribution in [1.29, 1.82) is 0 Å². The third-order valence-corrected chi connectivity index (χ3v) is 2.76. The van der Waals surface area contributed by atoms with Crippen molar-refractivity contribution in [2.75, 3.05) is 13.2 Å². The van der Waals surface area contributed by atoms with Gasteiger partial charge in [-0.2, -0.15) is 13.2 Å². The Hall–Kier alpha value is -1.63. The highest BCUT2D eigenvalue weighted by atomic mass is 19.4. The summed E-state index contributed by atoms with van der Waals surface area (Å²) in [4.78, 5) is 16.9. The van der Waals surface area contributed by atoms with Crippen molar-refractivity contribution in [3.63, 3.8) is 0 Å². The Bertz CT molecular complexity index is 481. The summed E-state index contributed by atoms with van der Waals surface area (Å²) in [5.74, 6) is -2.45. The lowest BCUT2D eigenvalue weighted by atomic mass is 10.1. The molecule has 3 nitrogen and oxygen atoms in total. The number of benzene rings is 1. The van der Waals surface area contributed by atoms with Crippen LogP contribution in [-0.2, 0) is 11.0 Å². The first-order chi connectivity index (χ1) is 8.91. The van der Waals surface area contributed by atoms with E-state index in [0.29, 0.717) is 19.1 Å². The third-order valence-electron chi connectivity index (χ3n) is 2.76. The topological polar surface area (TPSA) is 29.5 Å². The van der Waals surface area contributed by atoms with Gasteiger partial charge in [-0.05, 0) is 25.0 Å². The Balaban J connectivity index is 2.32. The second-order valence-electron chi connectivity index (χ2n) is 4.11. The number of carbonyl (C=O) groups excluding carboxylic acids is 1. The smallest absolute Gasteiger partial charge is 0.271 e. The molecule has 0 spiro atoms. The second-order valence-corrected chi connectivity index (χ2v) is 4.11. The Kier molecular flexibility index (Phi) is 3.75. The maximum absolute atomic E-state index is 13.8. The number of nitrogens with zero attached hydrogens (tertiary/aromatic N) is 1. The number of hydroxylamine groups is 2. The zero-order valence-corrected chi connectivity index (χ0v) is 9.84. The SMILES string of the molecule is O=C(c1cccc(C(F)(F)F)c1F)N1CCCCO1. The molecule has 1 aliphatic rings. The van der Waals surface area contributed by atoms with Crippen molar-refractivity contribution in [3.05, 3.63) is 35.1 Å². The zero-order chi connectivity index (χ0) is 14.0. The average molecular weight is 277 g/mol. The van der Waals surface area contributed by atoms with Gasteiger partial charge in [0.1, 0.15) is 5.82 Å². The van der Waals surface area contributed by atoms with E-state index in [4.69, 9.17) is 4.84 Å². The number of halogens is 4. The molecule has 0 radical (unpaired) electrons. The molecule has 0 aromatic heterocycles. The monoisotopic (exact) mass is 277 g/mol. The molecular weight excluding hydrogens is 266 g/mol. The predicted octanol–water partition coefficient (Wildman–Crippen LogP) is 3.01. The molecule has 1 aromatic rings. The Morgan fingerprint density at radius 2 is 2.00 bits per heavy atom. The largest absolute Gasteiger partial charge is 0.419 e. The minimum atomic E-state index is -4.83. The van der Waals surface area contributed by atoms with Gasteiger partial charge in [-0.15, -0.1) is 0 Å². The number of amides is 1. The minimum absolute atomic E-state index is 0.245. The first-order valence-electron chi connectivity index (χ1n) is 5.72. The van der Waals surface area contributed by atoms with Gasteiger partial charge in [-0.3, -0.25) is 9.63 Å². The zero-order valence-electron chi connectivity index (χ0n) is 9.84. The van der Waals surface area contributed by atoms with E-state index in [-0.39, 0.29) is 6.54 Å². The van der Waals surface area contributed by atoms with Crippen LogP contribution in [0.5, 0.6) is 0 Å². The van der Waals surface area contributed by atoms with Crippen LogP contribution in [0.1, 0.15) is 28.8 Å². The van der Waals surface area contributed by atoms with Crippen LogP contribution in [0.3, 0.4) is 0 Å². The van der Waals surface area contributed by atoms with E-state index in [1.807, 2.05) is 0 Å². The van der Waals surface area contributed by atoms with Crippen molar-refractivity contribution in [2.45, 2.75) is 19.0 Å². The van der Waals surface area contributed by atoms with Gasteiger partial charge in [-0.25, -0.2) is 9.45 Å². The quantitative estimate of drug-likeness (QED) is 0.738. The number of carbonyl (C=O) groups is 1. The molecule has 7 heteroatoms. The van der Waals surface area contributed by atoms with E-state index < -0.39 is 29.0 Å². The molecular formula is C12H11F4NO2. The van der Waals surface area contributed by atoms with Crippen LogP contribution in [0.15, 0.2) is 18.2 Å². The van der Waals surface area contributed by atoms with Gasteiger partial charge in [0.25, 0.3) is 5.91 Å². The second kappa shape index (κ2) is 5.16. The summed E-state index contributed by atoms with van der Waals surface area (Å²) >= 11 is 0. The predicted molar refractivity (Wildman–Crippen MR) is 57.6 cm³/mol. The molecule has 0 aliphatic carbocycles. The molecule has 1 fully saturated rings. The van der Waals surface area contributed by atoms with Crippen molar-refractivity contribution in [3.8, 4) is 0 Å². The lowest BCUT2D eigenvalue weighted by Gasteiger charge is -2.26. The van der Waals surface area contributed by atoms with Crippen LogP contribution in [-0.4, -0.2) is 24.1 Å². The van der Waals surface area contributed by atoms with Crippen molar-refractivity contribution < 1.29 is 27.2 Å². The number of rotatable bonds is 1. The highest BCUT2D eigenvalue weighted by molar-refractivity contribution is 5.94. The van der Waals surface area contributed by atoms with E-state index in [0.717, 1.165) is 23.6 Å². The van der Waals surface area contributed by atoms with Crippen molar-refractivity contribution >= 4 is 5.91 Å². The summed E-state index contributed by atoms with van der Waals surface area (Å²) in [6, 6.07) is 2.62. The maximum Gasteiger partial charge on any atom is 0.419 e. The van der Waals surface area contributed by atoms with Crippen LogP contribution >= 0.6 is 0 Å². The highest BCUT2D eigenvalue weighted by Gasteiger charge is 2.36. The molecule has 19 heavy (non-hydrogen) atoms. The molecule has 0 atom stereocenters. The first-order valence-corrected chi connectivity index (χ1v) is 5.72. The van der Waals surface area contributed by atoms with E-state index >= 15 is 0 Å². The number of hydrogen-bond donors (Lipinski definition) is 0.